The minimum atomic E-state index is -0.000809. The molecule has 1 aliphatic heterocycles. The van der Waals surface area contributed by atoms with Gasteiger partial charge in [-0.05, 0) is 30.4 Å². The number of pyridine rings is 1. The predicted molar refractivity (Wildman–Crippen MR) is 84.8 cm³/mol. The lowest BCUT2D eigenvalue weighted by Gasteiger charge is -2.15. The molecule has 2 aromatic heterocycles. The third kappa shape index (κ3) is 3.94. The lowest BCUT2D eigenvalue weighted by atomic mass is 10.1. The predicted octanol–water partition coefficient (Wildman–Crippen LogP) is 2.37. The van der Waals surface area contributed by atoms with Crippen LogP contribution in [0.4, 0.5) is 0 Å². The van der Waals surface area contributed by atoms with E-state index in [1.54, 1.807) is 12.3 Å². The molecule has 1 atom stereocenters. The molecule has 0 aliphatic carbocycles. The van der Waals surface area contributed by atoms with E-state index < -0.39 is 0 Å². The Labute approximate surface area is 135 Å². The quantitative estimate of drug-likeness (QED) is 0.847. The first-order chi connectivity index (χ1) is 11.1. The Bertz CT molecular complexity index is 654. The van der Waals surface area contributed by atoms with E-state index in [1.165, 1.54) is 0 Å². The number of aromatic nitrogens is 3. The second-order valence-electron chi connectivity index (χ2n) is 6.51. The number of likely N-dealkylation sites (tertiary alicyclic amines) is 1. The smallest absolute Gasteiger partial charge is 0.272 e. The van der Waals surface area contributed by atoms with Gasteiger partial charge in [-0.25, -0.2) is 0 Å². The van der Waals surface area contributed by atoms with Gasteiger partial charge in [0.15, 0.2) is 0 Å². The minimum Gasteiger partial charge on any atom is -0.425 e. The Kier molecular flexibility index (Phi) is 4.69. The van der Waals surface area contributed by atoms with Crippen molar-refractivity contribution in [2.45, 2.75) is 33.1 Å². The summed E-state index contributed by atoms with van der Waals surface area (Å²) in [5.74, 6) is 2.25. The lowest BCUT2D eigenvalue weighted by Crippen LogP contribution is -2.29. The number of hydrogen-bond acceptors (Lipinski definition) is 5. The molecule has 23 heavy (non-hydrogen) atoms. The van der Waals surface area contributed by atoms with Gasteiger partial charge in [0.25, 0.3) is 5.91 Å². The lowest BCUT2D eigenvalue weighted by molar-refractivity contribution is 0.0780. The molecule has 6 heteroatoms. The number of carbonyl (C=O) groups is 1. The van der Waals surface area contributed by atoms with E-state index in [4.69, 9.17) is 4.42 Å². The van der Waals surface area contributed by atoms with Gasteiger partial charge in [-0.1, -0.05) is 19.9 Å². The Balaban J connectivity index is 1.55. The number of rotatable bonds is 5. The van der Waals surface area contributed by atoms with Gasteiger partial charge in [0.2, 0.25) is 11.8 Å². The Morgan fingerprint density at radius 2 is 2.17 bits per heavy atom. The van der Waals surface area contributed by atoms with Gasteiger partial charge >= 0.3 is 0 Å². The van der Waals surface area contributed by atoms with Crippen LogP contribution in [0.2, 0.25) is 0 Å². The second kappa shape index (κ2) is 6.89. The third-order valence-electron chi connectivity index (χ3n) is 4.01. The molecular weight excluding hydrogens is 292 g/mol. The third-order valence-corrected chi connectivity index (χ3v) is 4.01. The normalized spacial score (nSPS) is 17.9. The molecule has 6 nitrogen and oxygen atoms in total. The Hall–Kier alpha value is -2.24. The van der Waals surface area contributed by atoms with E-state index in [0.717, 1.165) is 32.4 Å². The van der Waals surface area contributed by atoms with Crippen molar-refractivity contribution in [2.75, 3.05) is 13.1 Å². The fourth-order valence-corrected chi connectivity index (χ4v) is 2.88. The van der Waals surface area contributed by atoms with Crippen molar-refractivity contribution < 1.29 is 9.21 Å². The summed E-state index contributed by atoms with van der Waals surface area (Å²) < 4.78 is 5.70. The molecule has 1 saturated heterocycles. The first-order valence-corrected chi connectivity index (χ1v) is 8.13. The fourth-order valence-electron chi connectivity index (χ4n) is 2.88. The number of carbonyl (C=O) groups excluding carboxylic acids is 1. The van der Waals surface area contributed by atoms with Crippen LogP contribution in [0.25, 0.3) is 0 Å². The van der Waals surface area contributed by atoms with Crippen LogP contribution in [-0.4, -0.2) is 39.1 Å². The zero-order chi connectivity index (χ0) is 16.2. The maximum atomic E-state index is 12.4. The van der Waals surface area contributed by atoms with Crippen molar-refractivity contribution in [2.24, 2.45) is 11.8 Å². The van der Waals surface area contributed by atoms with Crippen LogP contribution in [0, 0.1) is 11.8 Å². The summed E-state index contributed by atoms with van der Waals surface area (Å²) in [6.45, 7) is 5.73. The summed E-state index contributed by atoms with van der Waals surface area (Å²) >= 11 is 0. The first kappa shape index (κ1) is 15.6. The van der Waals surface area contributed by atoms with Crippen molar-refractivity contribution >= 4 is 5.91 Å². The molecule has 1 unspecified atom stereocenters. The zero-order valence-corrected chi connectivity index (χ0v) is 13.6. The summed E-state index contributed by atoms with van der Waals surface area (Å²) in [7, 11) is 0. The van der Waals surface area contributed by atoms with Crippen LogP contribution >= 0.6 is 0 Å². The molecule has 3 rings (SSSR count). The van der Waals surface area contributed by atoms with E-state index in [-0.39, 0.29) is 5.91 Å². The van der Waals surface area contributed by atoms with Crippen LogP contribution in [0.15, 0.2) is 28.8 Å². The molecule has 2 aromatic rings. The van der Waals surface area contributed by atoms with E-state index in [2.05, 4.69) is 29.0 Å². The molecule has 1 fully saturated rings. The maximum absolute atomic E-state index is 12.4. The van der Waals surface area contributed by atoms with Crippen molar-refractivity contribution in [1.82, 2.24) is 20.1 Å². The minimum absolute atomic E-state index is 0.000809. The monoisotopic (exact) mass is 314 g/mol. The molecule has 0 N–H and O–H groups in total. The average Bonchev–Trinajstić information content (AvgIpc) is 3.17. The van der Waals surface area contributed by atoms with Crippen molar-refractivity contribution in [3.8, 4) is 0 Å². The van der Waals surface area contributed by atoms with Gasteiger partial charge in [0.05, 0.1) is 0 Å². The van der Waals surface area contributed by atoms with Gasteiger partial charge in [-0.15, -0.1) is 10.2 Å². The molecule has 0 aromatic carbocycles. The number of nitrogens with zero attached hydrogens (tertiary/aromatic N) is 4. The molecule has 0 spiro atoms. The van der Waals surface area contributed by atoms with Gasteiger partial charge in [-0.2, -0.15) is 0 Å². The van der Waals surface area contributed by atoms with E-state index in [9.17, 15) is 4.79 Å². The highest BCUT2D eigenvalue weighted by Crippen LogP contribution is 2.22. The SMILES string of the molecule is CC(C)Cc1nnc(CC2CCN(C(=O)c3ccccn3)C2)o1. The molecule has 0 bridgehead atoms. The van der Waals surface area contributed by atoms with Crippen LogP contribution in [-0.2, 0) is 12.8 Å². The number of amides is 1. The highest BCUT2D eigenvalue weighted by molar-refractivity contribution is 5.92. The Morgan fingerprint density at radius 3 is 2.91 bits per heavy atom. The Morgan fingerprint density at radius 1 is 1.35 bits per heavy atom. The van der Waals surface area contributed by atoms with Gasteiger partial charge in [0.1, 0.15) is 5.69 Å². The van der Waals surface area contributed by atoms with Crippen molar-refractivity contribution in [3.05, 3.63) is 41.9 Å². The van der Waals surface area contributed by atoms with E-state index in [1.807, 2.05) is 17.0 Å². The summed E-state index contributed by atoms with van der Waals surface area (Å²) in [6.07, 6.45) is 4.15. The standard InChI is InChI=1S/C17H22N4O2/c1-12(2)9-15-19-20-16(23-15)10-13-6-8-21(11-13)17(22)14-5-3-4-7-18-14/h3-5,7,12-13H,6,8-11H2,1-2H3. The van der Waals surface area contributed by atoms with Crippen LogP contribution < -0.4 is 0 Å². The largest absolute Gasteiger partial charge is 0.425 e. The van der Waals surface area contributed by atoms with E-state index in [0.29, 0.717) is 29.3 Å². The van der Waals surface area contributed by atoms with Crippen molar-refractivity contribution in [3.63, 3.8) is 0 Å². The molecule has 1 amide bonds. The van der Waals surface area contributed by atoms with E-state index >= 15 is 0 Å². The average molecular weight is 314 g/mol. The summed E-state index contributed by atoms with van der Waals surface area (Å²) in [5.41, 5.74) is 0.505. The maximum Gasteiger partial charge on any atom is 0.272 e. The van der Waals surface area contributed by atoms with Crippen LogP contribution in [0.3, 0.4) is 0 Å². The second-order valence-corrected chi connectivity index (χ2v) is 6.51. The molecular formula is C17H22N4O2. The summed E-state index contributed by atoms with van der Waals surface area (Å²) in [4.78, 5) is 18.4. The topological polar surface area (TPSA) is 72.1 Å². The van der Waals surface area contributed by atoms with Crippen molar-refractivity contribution in [1.29, 1.82) is 0 Å². The highest BCUT2D eigenvalue weighted by Gasteiger charge is 2.28. The van der Waals surface area contributed by atoms with Crippen LogP contribution in [0.1, 0.15) is 42.5 Å². The van der Waals surface area contributed by atoms with Gasteiger partial charge in [-0.3, -0.25) is 9.78 Å². The summed E-state index contributed by atoms with van der Waals surface area (Å²) in [5, 5.41) is 8.22. The molecule has 0 radical (unpaired) electrons. The molecule has 1 aliphatic rings. The molecule has 3 heterocycles. The fraction of sp³-hybridized carbons (Fsp3) is 0.529. The van der Waals surface area contributed by atoms with Gasteiger partial charge in [0, 0.05) is 32.1 Å². The van der Waals surface area contributed by atoms with Crippen LogP contribution in [0.5, 0.6) is 0 Å². The highest BCUT2D eigenvalue weighted by atomic mass is 16.4. The molecule has 0 saturated carbocycles. The zero-order valence-electron chi connectivity index (χ0n) is 13.6. The van der Waals surface area contributed by atoms with Gasteiger partial charge < -0.3 is 9.32 Å². The molecule has 122 valence electrons. The number of hydrogen-bond donors (Lipinski definition) is 0. The summed E-state index contributed by atoms with van der Waals surface area (Å²) in [6, 6.07) is 5.40. The first-order valence-electron chi connectivity index (χ1n) is 8.13.